The molecule has 1 aliphatic heterocycles. The number of carbonyl (C=O) groups is 1. The molecule has 0 fully saturated rings. The third-order valence-corrected chi connectivity index (χ3v) is 4.58. The van der Waals surface area contributed by atoms with E-state index in [-0.39, 0.29) is 5.91 Å². The lowest BCUT2D eigenvalue weighted by Crippen LogP contribution is -2.52. The predicted molar refractivity (Wildman–Crippen MR) is 91.3 cm³/mol. The molecule has 0 bridgehead atoms. The monoisotopic (exact) mass is 299 g/mol. The highest BCUT2D eigenvalue weighted by atomic mass is 16.1. The van der Waals surface area contributed by atoms with Crippen LogP contribution < -0.4 is 5.32 Å². The van der Waals surface area contributed by atoms with E-state index in [1.807, 2.05) is 54.6 Å². The second-order valence-corrected chi connectivity index (χ2v) is 5.93. The normalized spacial score (nSPS) is 15.6. The maximum Gasteiger partial charge on any atom is 0.252 e. The van der Waals surface area contributed by atoms with Crippen molar-refractivity contribution in [2.24, 2.45) is 0 Å². The van der Waals surface area contributed by atoms with Gasteiger partial charge in [0.15, 0.2) is 0 Å². The highest BCUT2D eigenvalue weighted by molar-refractivity contribution is 5.98. The van der Waals surface area contributed by atoms with Gasteiger partial charge in [-0.1, -0.05) is 78.9 Å². The Bertz CT molecular complexity index is 800. The second kappa shape index (κ2) is 5.40. The summed E-state index contributed by atoms with van der Waals surface area (Å²) in [5.41, 5.74) is 3.55. The Morgan fingerprint density at radius 1 is 0.696 bits per heavy atom. The van der Waals surface area contributed by atoms with Gasteiger partial charge in [-0.05, 0) is 22.8 Å². The molecule has 3 aromatic carbocycles. The van der Waals surface area contributed by atoms with Crippen LogP contribution >= 0.6 is 0 Å². The first-order chi connectivity index (χ1) is 11.3. The van der Waals surface area contributed by atoms with Crippen LogP contribution in [0.3, 0.4) is 0 Å². The summed E-state index contributed by atoms with van der Waals surface area (Å²) in [6, 6.07) is 28.3. The van der Waals surface area contributed by atoms with Gasteiger partial charge in [-0.3, -0.25) is 4.79 Å². The first kappa shape index (κ1) is 13.8. The lowest BCUT2D eigenvalue weighted by molar-refractivity contribution is 0.0896. The van der Waals surface area contributed by atoms with Crippen molar-refractivity contribution in [2.75, 3.05) is 0 Å². The van der Waals surface area contributed by atoms with E-state index in [2.05, 4.69) is 35.6 Å². The molecular weight excluding hydrogens is 282 g/mol. The van der Waals surface area contributed by atoms with Crippen molar-refractivity contribution in [1.82, 2.24) is 5.32 Å². The average molecular weight is 299 g/mol. The summed E-state index contributed by atoms with van der Waals surface area (Å²) in [5, 5.41) is 3.28. The van der Waals surface area contributed by atoms with Crippen LogP contribution in [0, 0.1) is 0 Å². The Morgan fingerprint density at radius 3 is 1.83 bits per heavy atom. The van der Waals surface area contributed by atoms with E-state index in [9.17, 15) is 4.79 Å². The summed E-state index contributed by atoms with van der Waals surface area (Å²) in [5.74, 6) is -0.0143. The second-order valence-electron chi connectivity index (χ2n) is 5.93. The summed E-state index contributed by atoms with van der Waals surface area (Å²) in [4.78, 5) is 12.7. The lowest BCUT2D eigenvalue weighted by Gasteiger charge is -2.40. The molecule has 0 saturated carbocycles. The number of benzene rings is 3. The van der Waals surface area contributed by atoms with Crippen LogP contribution in [0.5, 0.6) is 0 Å². The zero-order valence-electron chi connectivity index (χ0n) is 12.7. The number of fused-ring (bicyclic) bond motifs is 1. The molecule has 2 nitrogen and oxygen atoms in total. The first-order valence-electron chi connectivity index (χ1n) is 7.81. The highest BCUT2D eigenvalue weighted by Crippen LogP contribution is 2.37. The molecule has 1 N–H and O–H groups in total. The molecule has 112 valence electrons. The summed E-state index contributed by atoms with van der Waals surface area (Å²) < 4.78 is 0. The molecule has 0 aromatic heterocycles. The van der Waals surface area contributed by atoms with Gasteiger partial charge < -0.3 is 5.32 Å². The van der Waals surface area contributed by atoms with Gasteiger partial charge in [-0.15, -0.1) is 0 Å². The number of rotatable bonds is 2. The van der Waals surface area contributed by atoms with E-state index in [4.69, 9.17) is 0 Å². The van der Waals surface area contributed by atoms with Crippen LogP contribution in [-0.2, 0) is 12.0 Å². The average Bonchev–Trinajstić information content (AvgIpc) is 2.63. The van der Waals surface area contributed by atoms with Gasteiger partial charge in [0.2, 0.25) is 0 Å². The van der Waals surface area contributed by atoms with Gasteiger partial charge in [0.1, 0.15) is 0 Å². The van der Waals surface area contributed by atoms with E-state index in [1.165, 1.54) is 0 Å². The van der Waals surface area contributed by atoms with Gasteiger partial charge in [-0.25, -0.2) is 0 Å². The zero-order valence-corrected chi connectivity index (χ0v) is 12.7. The third kappa shape index (κ3) is 2.23. The lowest BCUT2D eigenvalue weighted by atomic mass is 9.74. The minimum absolute atomic E-state index is 0.0143. The fraction of sp³-hybridized carbons (Fsp3) is 0.0952. The van der Waals surface area contributed by atoms with Crippen LogP contribution in [0.15, 0.2) is 84.9 Å². The number of hydrogen-bond acceptors (Lipinski definition) is 1. The molecule has 0 saturated heterocycles. The standard InChI is InChI=1S/C21H17NO/c23-20-19-14-8-7-9-16(19)15-21(22-20,17-10-3-1-4-11-17)18-12-5-2-6-13-18/h1-14H,15H2,(H,22,23). The van der Waals surface area contributed by atoms with Crippen LogP contribution in [0.4, 0.5) is 0 Å². The topological polar surface area (TPSA) is 29.1 Å². The SMILES string of the molecule is O=C1NC(c2ccccc2)(c2ccccc2)Cc2ccccc21. The largest absolute Gasteiger partial charge is 0.338 e. The molecule has 0 radical (unpaired) electrons. The molecule has 0 atom stereocenters. The molecule has 23 heavy (non-hydrogen) atoms. The van der Waals surface area contributed by atoms with Crippen molar-refractivity contribution in [1.29, 1.82) is 0 Å². The Kier molecular flexibility index (Phi) is 3.23. The molecule has 1 heterocycles. The maximum atomic E-state index is 12.7. The van der Waals surface area contributed by atoms with E-state index < -0.39 is 5.54 Å². The van der Waals surface area contributed by atoms with Gasteiger partial charge in [0, 0.05) is 12.0 Å². The predicted octanol–water partition coefficient (Wildman–Crippen LogP) is 3.92. The van der Waals surface area contributed by atoms with Gasteiger partial charge in [0.25, 0.3) is 5.91 Å². The number of carbonyl (C=O) groups excluding carboxylic acids is 1. The molecular formula is C21H17NO. The highest BCUT2D eigenvalue weighted by Gasteiger charge is 2.40. The Labute approximate surface area is 135 Å². The fourth-order valence-electron chi connectivity index (χ4n) is 3.45. The summed E-state index contributed by atoms with van der Waals surface area (Å²) in [6.45, 7) is 0. The van der Waals surface area contributed by atoms with E-state index in [0.717, 1.165) is 28.7 Å². The maximum absolute atomic E-state index is 12.7. The van der Waals surface area contributed by atoms with Crippen LogP contribution in [0.2, 0.25) is 0 Å². The number of amides is 1. The first-order valence-corrected chi connectivity index (χ1v) is 7.81. The van der Waals surface area contributed by atoms with Crippen LogP contribution in [0.1, 0.15) is 27.0 Å². The quantitative estimate of drug-likeness (QED) is 0.763. The van der Waals surface area contributed by atoms with E-state index in [1.54, 1.807) is 0 Å². The Hall–Kier alpha value is -2.87. The van der Waals surface area contributed by atoms with Crippen molar-refractivity contribution < 1.29 is 4.79 Å². The minimum atomic E-state index is -0.520. The smallest absolute Gasteiger partial charge is 0.252 e. The van der Waals surface area contributed by atoms with Crippen LogP contribution in [0.25, 0.3) is 0 Å². The van der Waals surface area contributed by atoms with E-state index >= 15 is 0 Å². The molecule has 0 aliphatic carbocycles. The van der Waals surface area contributed by atoms with Crippen molar-refractivity contribution in [3.8, 4) is 0 Å². The summed E-state index contributed by atoms with van der Waals surface area (Å²) >= 11 is 0. The molecule has 0 unspecified atom stereocenters. The Balaban J connectivity index is 1.94. The van der Waals surface area contributed by atoms with Crippen molar-refractivity contribution in [2.45, 2.75) is 12.0 Å². The molecule has 3 aromatic rings. The molecule has 1 amide bonds. The third-order valence-electron chi connectivity index (χ3n) is 4.58. The van der Waals surface area contributed by atoms with Crippen molar-refractivity contribution in [3.05, 3.63) is 107 Å². The van der Waals surface area contributed by atoms with Crippen molar-refractivity contribution >= 4 is 5.91 Å². The minimum Gasteiger partial charge on any atom is -0.338 e. The zero-order chi connectivity index (χ0) is 15.7. The van der Waals surface area contributed by atoms with E-state index in [0.29, 0.717) is 0 Å². The summed E-state index contributed by atoms with van der Waals surface area (Å²) in [6.07, 6.45) is 0.753. The molecule has 1 aliphatic rings. The molecule has 2 heteroatoms. The number of nitrogens with one attached hydrogen (secondary N) is 1. The van der Waals surface area contributed by atoms with Crippen molar-refractivity contribution in [3.63, 3.8) is 0 Å². The molecule has 4 rings (SSSR count). The summed E-state index contributed by atoms with van der Waals surface area (Å²) in [7, 11) is 0. The number of hydrogen-bond donors (Lipinski definition) is 1. The van der Waals surface area contributed by atoms with Gasteiger partial charge in [-0.2, -0.15) is 0 Å². The van der Waals surface area contributed by atoms with Gasteiger partial charge in [0.05, 0.1) is 5.54 Å². The fourth-order valence-corrected chi connectivity index (χ4v) is 3.45. The Morgan fingerprint density at radius 2 is 1.22 bits per heavy atom. The van der Waals surface area contributed by atoms with Gasteiger partial charge >= 0.3 is 0 Å². The molecule has 0 spiro atoms. The van der Waals surface area contributed by atoms with Crippen LogP contribution in [-0.4, -0.2) is 5.91 Å².